The predicted molar refractivity (Wildman–Crippen MR) is 92.1 cm³/mol. The largest absolute Gasteiger partial charge is 0.334 e. The van der Waals surface area contributed by atoms with Gasteiger partial charge in [-0.05, 0) is 44.8 Å². The molecule has 3 aromatic rings. The smallest absolute Gasteiger partial charge is 0.275 e. The summed E-state index contributed by atoms with van der Waals surface area (Å²) in [5.41, 5.74) is 1.75. The molecule has 0 fully saturated rings. The molecule has 0 saturated heterocycles. The molecule has 0 saturated carbocycles. The van der Waals surface area contributed by atoms with E-state index >= 15 is 0 Å². The number of fused-ring (bicyclic) bond motifs is 1. The molecule has 7 nitrogen and oxygen atoms in total. The van der Waals surface area contributed by atoms with E-state index in [1.807, 2.05) is 17.8 Å². The molecular weight excluding hydrogens is 428 g/mol. The van der Waals surface area contributed by atoms with Gasteiger partial charge < -0.3 is 4.90 Å². The number of aryl methyl sites for hydroxylation is 1. The third kappa shape index (κ3) is 3.02. The maximum atomic E-state index is 12.7. The Balaban J connectivity index is 1.86. The van der Waals surface area contributed by atoms with Crippen molar-refractivity contribution in [3.63, 3.8) is 0 Å². The van der Waals surface area contributed by atoms with E-state index in [0.717, 1.165) is 16.7 Å². The number of aromatic nitrogens is 5. The normalized spacial score (nSPS) is 11.1. The molecule has 9 heteroatoms. The van der Waals surface area contributed by atoms with Crippen LogP contribution in [-0.2, 0) is 13.1 Å². The van der Waals surface area contributed by atoms with Gasteiger partial charge in [0, 0.05) is 32.2 Å². The molecule has 0 unspecified atom stereocenters. The molecule has 0 aliphatic carbocycles. The first-order valence-electron chi connectivity index (χ1n) is 6.97. The zero-order valence-electron chi connectivity index (χ0n) is 12.6. The number of rotatable bonds is 4. The van der Waals surface area contributed by atoms with Gasteiger partial charge in [0.25, 0.3) is 5.91 Å². The highest BCUT2D eigenvalue weighted by atomic mass is 79.9. The lowest BCUT2D eigenvalue weighted by Crippen LogP contribution is -2.27. The van der Waals surface area contributed by atoms with Crippen molar-refractivity contribution in [1.29, 1.82) is 0 Å². The molecule has 1 amide bonds. The van der Waals surface area contributed by atoms with Gasteiger partial charge in [0.2, 0.25) is 0 Å². The third-order valence-electron chi connectivity index (χ3n) is 3.39. The van der Waals surface area contributed by atoms with Crippen LogP contribution in [0.3, 0.4) is 0 Å². The van der Waals surface area contributed by atoms with E-state index in [0.29, 0.717) is 22.4 Å². The van der Waals surface area contributed by atoms with Crippen molar-refractivity contribution in [1.82, 2.24) is 29.3 Å². The minimum atomic E-state index is -0.194. The second kappa shape index (κ2) is 6.40. The van der Waals surface area contributed by atoms with E-state index in [-0.39, 0.29) is 5.91 Å². The van der Waals surface area contributed by atoms with Crippen LogP contribution in [0.1, 0.15) is 23.1 Å². The van der Waals surface area contributed by atoms with Gasteiger partial charge in [0.15, 0.2) is 11.3 Å². The summed E-state index contributed by atoms with van der Waals surface area (Å²) in [6, 6.07) is 1.76. The maximum absolute atomic E-state index is 12.7. The van der Waals surface area contributed by atoms with Gasteiger partial charge in [-0.1, -0.05) is 0 Å². The van der Waals surface area contributed by atoms with E-state index in [4.69, 9.17) is 0 Å². The number of carbonyl (C=O) groups is 1. The van der Waals surface area contributed by atoms with Crippen molar-refractivity contribution in [2.45, 2.75) is 20.0 Å². The molecule has 3 rings (SSSR count). The van der Waals surface area contributed by atoms with Gasteiger partial charge in [0.1, 0.15) is 0 Å². The Morgan fingerprint density at radius 2 is 2.13 bits per heavy atom. The summed E-state index contributed by atoms with van der Waals surface area (Å²) in [7, 11) is 1.73. The summed E-state index contributed by atoms with van der Waals surface area (Å²) in [5, 5.41) is 8.73. The Bertz CT molecular complexity index is 871. The van der Waals surface area contributed by atoms with Crippen molar-refractivity contribution in [2.24, 2.45) is 0 Å². The molecule has 0 atom stereocenters. The Morgan fingerprint density at radius 3 is 2.78 bits per heavy atom. The number of hydrogen-bond acceptors (Lipinski definition) is 4. The summed E-state index contributed by atoms with van der Waals surface area (Å²) in [6.07, 6.45) is 5.32. The Kier molecular flexibility index (Phi) is 4.49. The van der Waals surface area contributed by atoms with Gasteiger partial charge >= 0.3 is 0 Å². The van der Waals surface area contributed by atoms with E-state index < -0.39 is 0 Å². The SMILES string of the molecule is CCn1cc(Br)c(CN(C)C(=O)c2nn3cccnc3c2Br)n1. The van der Waals surface area contributed by atoms with Gasteiger partial charge in [-0.2, -0.15) is 10.2 Å². The highest BCUT2D eigenvalue weighted by Gasteiger charge is 2.22. The van der Waals surface area contributed by atoms with Gasteiger partial charge in [-0.3, -0.25) is 9.48 Å². The molecule has 3 heterocycles. The number of halogens is 2. The lowest BCUT2D eigenvalue weighted by atomic mass is 10.3. The highest BCUT2D eigenvalue weighted by molar-refractivity contribution is 9.11. The van der Waals surface area contributed by atoms with Crippen LogP contribution in [-0.4, -0.2) is 42.2 Å². The zero-order chi connectivity index (χ0) is 16.6. The second-order valence-corrected chi connectivity index (χ2v) is 6.64. The van der Waals surface area contributed by atoms with E-state index in [2.05, 4.69) is 47.0 Å². The molecule has 0 aliphatic heterocycles. The minimum Gasteiger partial charge on any atom is -0.334 e. The second-order valence-electron chi connectivity index (χ2n) is 4.99. The van der Waals surface area contributed by atoms with Crippen molar-refractivity contribution in [3.05, 3.63) is 45.0 Å². The van der Waals surface area contributed by atoms with E-state index in [9.17, 15) is 4.79 Å². The van der Waals surface area contributed by atoms with Crippen molar-refractivity contribution >= 4 is 43.4 Å². The standard InChI is InChI=1S/C14H14Br2N6O/c1-3-21-7-9(15)10(18-21)8-20(2)14(23)12-11(16)13-17-5-4-6-22(13)19-12/h4-7H,3,8H2,1-2H3. The van der Waals surface area contributed by atoms with Gasteiger partial charge in [0.05, 0.1) is 21.2 Å². The van der Waals surface area contributed by atoms with Crippen LogP contribution in [0.5, 0.6) is 0 Å². The van der Waals surface area contributed by atoms with Gasteiger partial charge in [-0.15, -0.1) is 0 Å². The molecule has 23 heavy (non-hydrogen) atoms. The fourth-order valence-electron chi connectivity index (χ4n) is 2.18. The topological polar surface area (TPSA) is 68.3 Å². The van der Waals surface area contributed by atoms with Crippen LogP contribution in [0.2, 0.25) is 0 Å². The van der Waals surface area contributed by atoms with Crippen molar-refractivity contribution in [3.8, 4) is 0 Å². The van der Waals surface area contributed by atoms with Crippen molar-refractivity contribution in [2.75, 3.05) is 7.05 Å². The Morgan fingerprint density at radius 1 is 1.35 bits per heavy atom. The molecule has 0 bridgehead atoms. The lowest BCUT2D eigenvalue weighted by molar-refractivity contribution is 0.0776. The molecule has 120 valence electrons. The molecule has 0 N–H and O–H groups in total. The number of nitrogens with zero attached hydrogens (tertiary/aromatic N) is 6. The minimum absolute atomic E-state index is 0.194. The molecule has 0 aromatic carbocycles. The van der Waals surface area contributed by atoms with Crippen LogP contribution in [0, 0.1) is 0 Å². The molecular formula is C14H14Br2N6O. The van der Waals surface area contributed by atoms with Crippen LogP contribution >= 0.6 is 31.9 Å². The zero-order valence-corrected chi connectivity index (χ0v) is 15.7. The number of amides is 1. The first-order chi connectivity index (χ1) is 11.0. The fraction of sp³-hybridized carbons (Fsp3) is 0.286. The average molecular weight is 442 g/mol. The molecule has 0 aliphatic rings. The van der Waals surface area contributed by atoms with Crippen LogP contribution < -0.4 is 0 Å². The van der Waals surface area contributed by atoms with Crippen LogP contribution in [0.15, 0.2) is 33.6 Å². The first kappa shape index (κ1) is 16.1. The third-order valence-corrected chi connectivity index (χ3v) is 4.78. The Hall–Kier alpha value is -1.74. The first-order valence-corrected chi connectivity index (χ1v) is 8.56. The summed E-state index contributed by atoms with van der Waals surface area (Å²) in [4.78, 5) is 18.5. The van der Waals surface area contributed by atoms with Crippen LogP contribution in [0.25, 0.3) is 5.65 Å². The lowest BCUT2D eigenvalue weighted by Gasteiger charge is -2.14. The monoisotopic (exact) mass is 440 g/mol. The van der Waals surface area contributed by atoms with Crippen LogP contribution in [0.4, 0.5) is 0 Å². The maximum Gasteiger partial charge on any atom is 0.275 e. The van der Waals surface area contributed by atoms with E-state index in [1.54, 1.807) is 34.9 Å². The Labute approximate surface area is 149 Å². The van der Waals surface area contributed by atoms with Gasteiger partial charge in [-0.25, -0.2) is 9.50 Å². The molecule has 0 spiro atoms. The summed E-state index contributed by atoms with van der Waals surface area (Å²) in [5.74, 6) is -0.194. The summed E-state index contributed by atoms with van der Waals surface area (Å²) >= 11 is 6.89. The molecule has 3 aromatic heterocycles. The highest BCUT2D eigenvalue weighted by Crippen LogP contribution is 2.23. The number of hydrogen-bond donors (Lipinski definition) is 0. The summed E-state index contributed by atoms with van der Waals surface area (Å²) in [6.45, 7) is 3.18. The number of carbonyl (C=O) groups excluding carboxylic acids is 1. The fourth-order valence-corrected chi connectivity index (χ4v) is 3.15. The molecule has 0 radical (unpaired) electrons. The van der Waals surface area contributed by atoms with Crippen molar-refractivity contribution < 1.29 is 4.79 Å². The quantitative estimate of drug-likeness (QED) is 0.624. The van der Waals surface area contributed by atoms with E-state index in [1.165, 1.54) is 0 Å². The summed E-state index contributed by atoms with van der Waals surface area (Å²) < 4.78 is 4.87. The predicted octanol–water partition coefficient (Wildman–Crippen LogP) is 2.74. The average Bonchev–Trinajstić information content (AvgIpc) is 3.07.